The van der Waals surface area contributed by atoms with Gasteiger partial charge in [0, 0.05) is 38.4 Å². The highest BCUT2D eigenvalue weighted by atomic mass is 19.1. The molecule has 0 fully saturated rings. The molecular formula is C30H35FN6O5. The van der Waals surface area contributed by atoms with Crippen LogP contribution in [0.4, 0.5) is 15.0 Å². The predicted octanol–water partition coefficient (Wildman–Crippen LogP) is 4.19. The largest absolute Gasteiger partial charge is 0.443 e. The van der Waals surface area contributed by atoms with Crippen molar-refractivity contribution >= 4 is 17.8 Å². The van der Waals surface area contributed by atoms with E-state index in [1.54, 1.807) is 40.0 Å². The molecule has 3 aromatic rings. The van der Waals surface area contributed by atoms with Crippen LogP contribution < -0.4 is 4.90 Å². The van der Waals surface area contributed by atoms with Crippen LogP contribution >= 0.6 is 0 Å². The van der Waals surface area contributed by atoms with Crippen LogP contribution in [-0.2, 0) is 11.3 Å². The number of carbonyl (C=O) groups excluding carboxylic acids is 2. The van der Waals surface area contributed by atoms with E-state index in [9.17, 15) is 25.1 Å². The first-order chi connectivity index (χ1) is 19.8. The van der Waals surface area contributed by atoms with Crippen LogP contribution in [-0.4, -0.2) is 72.8 Å². The van der Waals surface area contributed by atoms with E-state index >= 15 is 4.39 Å². The summed E-state index contributed by atoms with van der Waals surface area (Å²) in [5.74, 6) is -0.807. The highest BCUT2D eigenvalue weighted by Crippen LogP contribution is 2.34. The molecule has 0 bridgehead atoms. The van der Waals surface area contributed by atoms with Gasteiger partial charge in [-0.1, -0.05) is 13.0 Å². The van der Waals surface area contributed by atoms with Gasteiger partial charge in [0.1, 0.15) is 11.4 Å². The maximum atomic E-state index is 15.1. The number of nitriles is 1. The van der Waals surface area contributed by atoms with E-state index in [2.05, 4.69) is 10.1 Å². The Kier molecular flexibility index (Phi) is 8.65. The molecule has 2 N–H and O–H groups in total. The zero-order valence-electron chi connectivity index (χ0n) is 24.4. The van der Waals surface area contributed by atoms with E-state index in [4.69, 9.17) is 4.74 Å². The number of rotatable bonds is 9. The fourth-order valence-electron chi connectivity index (χ4n) is 4.83. The van der Waals surface area contributed by atoms with E-state index < -0.39 is 29.0 Å². The van der Waals surface area contributed by atoms with Crippen molar-refractivity contribution in [2.24, 2.45) is 0 Å². The molecule has 222 valence electrons. The summed E-state index contributed by atoms with van der Waals surface area (Å²) in [4.78, 5) is 33.9. The van der Waals surface area contributed by atoms with Gasteiger partial charge in [0.15, 0.2) is 5.82 Å². The van der Waals surface area contributed by atoms with Crippen molar-refractivity contribution in [1.82, 2.24) is 19.7 Å². The van der Waals surface area contributed by atoms with Gasteiger partial charge >= 0.3 is 6.09 Å². The number of aliphatic hydroxyl groups is 2. The number of ether oxygens (including phenoxy) is 1. The molecule has 2 aromatic heterocycles. The van der Waals surface area contributed by atoms with Crippen molar-refractivity contribution in [2.75, 3.05) is 24.6 Å². The van der Waals surface area contributed by atoms with Crippen molar-refractivity contribution in [3.63, 3.8) is 0 Å². The molecule has 4 rings (SSSR count). The van der Waals surface area contributed by atoms with Crippen molar-refractivity contribution in [3.05, 3.63) is 59.2 Å². The van der Waals surface area contributed by atoms with E-state index in [0.717, 1.165) is 11.3 Å². The lowest BCUT2D eigenvalue weighted by Crippen LogP contribution is -2.42. The Labute approximate surface area is 243 Å². The monoisotopic (exact) mass is 578 g/mol. The van der Waals surface area contributed by atoms with E-state index in [1.165, 1.54) is 28.9 Å². The Hall–Kier alpha value is -4.34. The molecule has 0 saturated heterocycles. The van der Waals surface area contributed by atoms with Crippen LogP contribution in [0.2, 0.25) is 0 Å². The fourth-order valence-corrected chi connectivity index (χ4v) is 4.83. The normalized spacial score (nSPS) is 14.4. The van der Waals surface area contributed by atoms with Gasteiger partial charge in [0.2, 0.25) is 0 Å². The Morgan fingerprint density at radius 2 is 1.98 bits per heavy atom. The minimum Gasteiger partial charge on any atom is -0.443 e. The number of pyridine rings is 1. The van der Waals surface area contributed by atoms with Gasteiger partial charge in [-0.05, 0) is 52.3 Å². The summed E-state index contributed by atoms with van der Waals surface area (Å²) >= 11 is 0. The Bertz CT molecular complexity index is 1540. The number of hydrogen-bond donors (Lipinski definition) is 2. The number of aromatic nitrogens is 3. The molecule has 0 radical (unpaired) electrons. The molecule has 2 amide bonds. The second kappa shape index (κ2) is 11.9. The second-order valence-corrected chi connectivity index (χ2v) is 11.5. The third kappa shape index (κ3) is 6.42. The van der Waals surface area contributed by atoms with Gasteiger partial charge in [0.25, 0.3) is 5.91 Å². The van der Waals surface area contributed by atoms with Gasteiger partial charge in [-0.3, -0.25) is 4.79 Å². The molecule has 11 nitrogen and oxygen atoms in total. The number of nitrogens with zero attached hydrogens (tertiary/aromatic N) is 6. The first-order valence-corrected chi connectivity index (χ1v) is 13.7. The van der Waals surface area contributed by atoms with E-state index in [0.29, 0.717) is 12.4 Å². The average molecular weight is 579 g/mol. The Balaban J connectivity index is 1.85. The summed E-state index contributed by atoms with van der Waals surface area (Å²) in [5.41, 5.74) is -1.35. The molecular weight excluding hydrogens is 543 g/mol. The second-order valence-electron chi connectivity index (χ2n) is 11.5. The van der Waals surface area contributed by atoms with Crippen molar-refractivity contribution in [2.45, 2.75) is 65.2 Å². The number of halogens is 1. The Morgan fingerprint density at radius 3 is 2.62 bits per heavy atom. The molecule has 0 saturated carbocycles. The highest BCUT2D eigenvalue weighted by Gasteiger charge is 2.39. The first-order valence-electron chi connectivity index (χ1n) is 13.7. The highest BCUT2D eigenvalue weighted by molar-refractivity contribution is 6.08. The molecule has 0 spiro atoms. The van der Waals surface area contributed by atoms with Crippen molar-refractivity contribution in [3.8, 4) is 23.0 Å². The number of hydrogen-bond acceptors (Lipinski definition) is 9. The van der Waals surface area contributed by atoms with E-state index in [-0.39, 0.29) is 59.9 Å². The van der Waals surface area contributed by atoms with Gasteiger partial charge in [0.05, 0.1) is 52.0 Å². The summed E-state index contributed by atoms with van der Waals surface area (Å²) in [5, 5.41) is 34.5. The lowest BCUT2D eigenvalue weighted by atomic mass is 10.0. The summed E-state index contributed by atoms with van der Waals surface area (Å²) in [7, 11) is 0. The summed E-state index contributed by atoms with van der Waals surface area (Å²) in [6.07, 6.45) is 1.70. The smallest absolute Gasteiger partial charge is 0.417 e. The number of aliphatic hydroxyl groups excluding tert-OH is 1. The summed E-state index contributed by atoms with van der Waals surface area (Å²) < 4.78 is 21.9. The third-order valence-corrected chi connectivity index (χ3v) is 6.67. The number of anilines is 1. The number of carbonyl (C=O) groups is 2. The zero-order chi connectivity index (χ0) is 30.8. The maximum Gasteiger partial charge on any atom is 0.417 e. The molecule has 1 unspecified atom stereocenters. The van der Waals surface area contributed by atoms with Crippen LogP contribution in [0.5, 0.6) is 0 Å². The molecule has 1 atom stereocenters. The van der Waals surface area contributed by atoms with Crippen LogP contribution in [0.25, 0.3) is 16.9 Å². The molecule has 12 heteroatoms. The van der Waals surface area contributed by atoms with Crippen molar-refractivity contribution in [1.29, 1.82) is 5.26 Å². The molecule has 3 heterocycles. The fraction of sp³-hybridized carbons (Fsp3) is 0.433. The number of benzene rings is 1. The Morgan fingerprint density at radius 1 is 1.24 bits per heavy atom. The van der Waals surface area contributed by atoms with Crippen molar-refractivity contribution < 1.29 is 28.9 Å². The maximum absolute atomic E-state index is 15.1. The van der Waals surface area contributed by atoms with Crippen LogP contribution in [0.3, 0.4) is 0 Å². The molecule has 0 aliphatic carbocycles. The van der Waals surface area contributed by atoms with Gasteiger partial charge in [-0.25, -0.2) is 23.8 Å². The molecule has 1 aliphatic heterocycles. The molecule has 1 aromatic carbocycles. The van der Waals surface area contributed by atoms with Crippen LogP contribution in [0, 0.1) is 17.1 Å². The van der Waals surface area contributed by atoms with Gasteiger partial charge < -0.3 is 19.8 Å². The van der Waals surface area contributed by atoms with Crippen LogP contribution in [0.1, 0.15) is 69.1 Å². The topological polar surface area (TPSA) is 145 Å². The SMILES string of the molecule is CCCN(CC(C)(O)CCO)c1ccn(-c2cc(-c3c(F)cccc3C#N)nc3c2C(=O)N(C(=O)OC(C)(C)C)C3)n1. The molecule has 1 aliphatic rings. The minimum atomic E-state index is -1.18. The van der Waals surface area contributed by atoms with Crippen LogP contribution in [0.15, 0.2) is 36.5 Å². The third-order valence-electron chi connectivity index (χ3n) is 6.67. The van der Waals surface area contributed by atoms with Gasteiger partial charge in [-0.2, -0.15) is 10.4 Å². The zero-order valence-corrected chi connectivity index (χ0v) is 24.4. The summed E-state index contributed by atoms with van der Waals surface area (Å²) in [6.45, 7) is 9.06. The standard InChI is InChI=1S/C30H35FN6O5/c1-6-12-35(18-30(5,41)11-14-38)24-10-13-37(34-24)23-15-21(25-19(16-32)8-7-9-20(25)31)33-22-17-36(27(39)26(22)23)28(40)42-29(2,3)4/h7-10,13,15,38,41H,6,11-12,14,17-18H2,1-5H3. The molecule has 42 heavy (non-hydrogen) atoms. The first kappa shape index (κ1) is 30.6. The van der Waals surface area contributed by atoms with E-state index in [1.807, 2.05) is 17.9 Å². The van der Waals surface area contributed by atoms with Gasteiger partial charge in [-0.15, -0.1) is 0 Å². The summed E-state index contributed by atoms with van der Waals surface area (Å²) in [6, 6.07) is 9.28. The predicted molar refractivity (Wildman–Crippen MR) is 152 cm³/mol. The lowest BCUT2D eigenvalue weighted by molar-refractivity contribution is 0.0246. The average Bonchev–Trinajstić information content (AvgIpc) is 3.52. The lowest BCUT2D eigenvalue weighted by Gasteiger charge is -2.31. The number of amides is 2. The number of imide groups is 1. The minimum absolute atomic E-state index is 0.0349. The quantitative estimate of drug-likeness (QED) is 0.382. The number of fused-ring (bicyclic) bond motifs is 1.